The number of aromatic nitrogens is 2. The Balaban J connectivity index is 1.19. The van der Waals surface area contributed by atoms with Crippen LogP contribution in [0.15, 0.2) is 66.7 Å². The van der Waals surface area contributed by atoms with E-state index in [2.05, 4.69) is 60.1 Å². The molecule has 0 atom stereocenters. The molecule has 6 heteroatoms. The molecule has 1 N–H and O–H groups in total. The van der Waals surface area contributed by atoms with Crippen molar-refractivity contribution in [3.63, 3.8) is 0 Å². The van der Waals surface area contributed by atoms with E-state index in [-0.39, 0.29) is 5.91 Å². The molecule has 1 aromatic heterocycles. The van der Waals surface area contributed by atoms with Crippen molar-refractivity contribution in [2.24, 2.45) is 0 Å². The largest absolute Gasteiger partial charge is 0.494 e. The van der Waals surface area contributed by atoms with Crippen LogP contribution < -0.4 is 10.1 Å². The van der Waals surface area contributed by atoms with E-state index in [4.69, 9.17) is 21.3 Å². The van der Waals surface area contributed by atoms with Gasteiger partial charge in [-0.15, -0.1) is 0 Å². The Kier molecular flexibility index (Phi) is 10.2. The Morgan fingerprint density at radius 2 is 1.68 bits per heavy atom. The molecule has 1 amide bonds. The van der Waals surface area contributed by atoms with E-state index >= 15 is 0 Å². The van der Waals surface area contributed by atoms with Gasteiger partial charge in [-0.05, 0) is 92.6 Å². The molecular formula is C32H38ClN3O2. The molecule has 0 fully saturated rings. The van der Waals surface area contributed by atoms with Crippen LogP contribution in [-0.4, -0.2) is 28.6 Å². The Morgan fingerprint density at radius 1 is 0.921 bits per heavy atom. The summed E-state index contributed by atoms with van der Waals surface area (Å²) in [4.78, 5) is 17.1. The third-order valence-electron chi connectivity index (χ3n) is 6.65. The van der Waals surface area contributed by atoms with Crippen LogP contribution in [0.3, 0.4) is 0 Å². The van der Waals surface area contributed by atoms with Gasteiger partial charge in [0, 0.05) is 24.5 Å². The molecule has 3 aromatic carbocycles. The van der Waals surface area contributed by atoms with Crippen molar-refractivity contribution in [1.82, 2.24) is 14.9 Å². The van der Waals surface area contributed by atoms with Crippen molar-refractivity contribution in [3.8, 4) is 5.75 Å². The predicted molar refractivity (Wildman–Crippen MR) is 156 cm³/mol. The second-order valence-electron chi connectivity index (χ2n) is 10.0. The van der Waals surface area contributed by atoms with E-state index in [1.165, 1.54) is 16.6 Å². The quantitative estimate of drug-likeness (QED) is 0.174. The third kappa shape index (κ3) is 8.35. The fraction of sp³-hybridized carbons (Fsp3) is 0.375. The number of rotatable bonds is 14. The zero-order chi connectivity index (χ0) is 26.7. The van der Waals surface area contributed by atoms with Gasteiger partial charge in [0.1, 0.15) is 11.6 Å². The lowest BCUT2D eigenvalue weighted by Gasteiger charge is -2.11. The number of carbonyl (C=O) groups excluding carboxylic acids is 1. The molecule has 0 bridgehead atoms. The minimum absolute atomic E-state index is 0.0515. The van der Waals surface area contributed by atoms with Crippen LogP contribution in [0.25, 0.3) is 11.0 Å². The molecule has 5 nitrogen and oxygen atoms in total. The van der Waals surface area contributed by atoms with Gasteiger partial charge in [-0.1, -0.05) is 48.4 Å². The maximum atomic E-state index is 12.2. The standard InChI is InChI=1S/C32H38ClN3O2/c1-24-20-25(2)22-28(21-24)38-19-9-8-18-36-30-11-6-5-10-29(30)35-31(36)12-4-3-7-17-34-32(37)23-26-13-15-27(33)16-14-26/h5-6,10-11,13-16,20-22H,3-4,7-9,12,17-19,23H2,1-2H3,(H,34,37). The molecule has 0 saturated carbocycles. The minimum atomic E-state index is 0.0515. The van der Waals surface area contributed by atoms with Gasteiger partial charge in [0.25, 0.3) is 0 Å². The van der Waals surface area contributed by atoms with Crippen LogP contribution in [0.4, 0.5) is 0 Å². The van der Waals surface area contributed by atoms with Crippen LogP contribution in [0, 0.1) is 13.8 Å². The van der Waals surface area contributed by atoms with Crippen molar-refractivity contribution in [2.75, 3.05) is 13.2 Å². The van der Waals surface area contributed by atoms with Gasteiger partial charge in [0.2, 0.25) is 5.91 Å². The number of amides is 1. The van der Waals surface area contributed by atoms with Crippen molar-refractivity contribution in [1.29, 1.82) is 0 Å². The summed E-state index contributed by atoms with van der Waals surface area (Å²) < 4.78 is 8.38. The number of hydrogen-bond acceptors (Lipinski definition) is 3. The number of imidazole rings is 1. The first-order valence-electron chi connectivity index (χ1n) is 13.6. The number of para-hydroxylation sites is 2. The summed E-state index contributed by atoms with van der Waals surface area (Å²) in [5.74, 6) is 2.15. The predicted octanol–water partition coefficient (Wildman–Crippen LogP) is 7.24. The lowest BCUT2D eigenvalue weighted by Crippen LogP contribution is -2.26. The maximum Gasteiger partial charge on any atom is 0.224 e. The molecule has 4 rings (SSSR count). The summed E-state index contributed by atoms with van der Waals surface area (Å²) >= 11 is 5.91. The zero-order valence-electron chi connectivity index (χ0n) is 22.5. The minimum Gasteiger partial charge on any atom is -0.494 e. The second-order valence-corrected chi connectivity index (χ2v) is 10.4. The highest BCUT2D eigenvalue weighted by Crippen LogP contribution is 2.20. The number of unbranched alkanes of at least 4 members (excludes halogenated alkanes) is 3. The number of nitrogens with one attached hydrogen (secondary N) is 1. The molecule has 200 valence electrons. The molecule has 0 radical (unpaired) electrons. The van der Waals surface area contributed by atoms with Gasteiger partial charge in [0.05, 0.1) is 24.1 Å². The third-order valence-corrected chi connectivity index (χ3v) is 6.90. The molecule has 0 spiro atoms. The number of benzene rings is 3. The second kappa shape index (κ2) is 14.0. The summed E-state index contributed by atoms with van der Waals surface area (Å²) in [7, 11) is 0. The average Bonchev–Trinajstić information content (AvgIpc) is 3.24. The van der Waals surface area contributed by atoms with Gasteiger partial charge in [-0.2, -0.15) is 0 Å². The molecule has 0 saturated heterocycles. The number of nitrogens with zero attached hydrogens (tertiary/aromatic N) is 2. The van der Waals surface area contributed by atoms with Crippen LogP contribution >= 0.6 is 11.6 Å². The SMILES string of the molecule is Cc1cc(C)cc(OCCCCn2c(CCCCCNC(=O)Cc3ccc(Cl)cc3)nc3ccccc32)c1. The lowest BCUT2D eigenvalue weighted by atomic mass is 10.1. The van der Waals surface area contributed by atoms with E-state index in [1.807, 2.05) is 30.3 Å². The number of halogens is 1. The van der Waals surface area contributed by atoms with E-state index in [9.17, 15) is 4.79 Å². The van der Waals surface area contributed by atoms with E-state index in [0.29, 0.717) is 24.6 Å². The van der Waals surface area contributed by atoms with Gasteiger partial charge in [-0.3, -0.25) is 4.79 Å². The summed E-state index contributed by atoms with van der Waals surface area (Å²) in [6.45, 7) is 6.56. The number of aryl methyl sites for hydroxylation is 4. The number of hydrogen-bond donors (Lipinski definition) is 1. The number of fused-ring (bicyclic) bond motifs is 1. The lowest BCUT2D eigenvalue weighted by molar-refractivity contribution is -0.120. The van der Waals surface area contributed by atoms with Gasteiger partial charge >= 0.3 is 0 Å². The molecule has 0 aliphatic carbocycles. The average molecular weight is 532 g/mol. The molecule has 38 heavy (non-hydrogen) atoms. The van der Waals surface area contributed by atoms with E-state index in [0.717, 1.165) is 67.7 Å². The monoisotopic (exact) mass is 531 g/mol. The summed E-state index contributed by atoms with van der Waals surface area (Å²) in [5.41, 5.74) is 5.70. The van der Waals surface area contributed by atoms with Crippen LogP contribution in [0.2, 0.25) is 5.02 Å². The van der Waals surface area contributed by atoms with E-state index in [1.54, 1.807) is 0 Å². The summed E-state index contributed by atoms with van der Waals surface area (Å²) in [6, 6.07) is 22.2. The van der Waals surface area contributed by atoms with Crippen molar-refractivity contribution in [3.05, 3.63) is 94.3 Å². The topological polar surface area (TPSA) is 56.1 Å². The molecule has 4 aromatic rings. The Labute approximate surface area is 231 Å². The molecule has 0 aliphatic rings. The molecule has 0 unspecified atom stereocenters. The van der Waals surface area contributed by atoms with Crippen molar-refractivity contribution >= 4 is 28.5 Å². The Hall–Kier alpha value is -3.31. The van der Waals surface area contributed by atoms with Gasteiger partial charge in [-0.25, -0.2) is 4.98 Å². The molecule has 1 heterocycles. The van der Waals surface area contributed by atoms with Crippen LogP contribution in [0.5, 0.6) is 5.75 Å². The fourth-order valence-corrected chi connectivity index (χ4v) is 4.93. The maximum absolute atomic E-state index is 12.2. The zero-order valence-corrected chi connectivity index (χ0v) is 23.3. The van der Waals surface area contributed by atoms with Crippen LogP contribution in [0.1, 0.15) is 54.6 Å². The fourth-order valence-electron chi connectivity index (χ4n) is 4.81. The molecule has 0 aliphatic heterocycles. The number of carbonyl (C=O) groups is 1. The first-order chi connectivity index (χ1) is 18.5. The first-order valence-corrected chi connectivity index (χ1v) is 14.0. The van der Waals surface area contributed by atoms with Crippen molar-refractivity contribution < 1.29 is 9.53 Å². The smallest absolute Gasteiger partial charge is 0.224 e. The summed E-state index contributed by atoms with van der Waals surface area (Å²) in [6.07, 6.45) is 6.42. The van der Waals surface area contributed by atoms with E-state index < -0.39 is 0 Å². The highest BCUT2D eigenvalue weighted by molar-refractivity contribution is 6.30. The molecular weight excluding hydrogens is 494 g/mol. The van der Waals surface area contributed by atoms with Crippen molar-refractivity contribution in [2.45, 2.75) is 65.3 Å². The highest BCUT2D eigenvalue weighted by atomic mass is 35.5. The Bertz CT molecular complexity index is 1310. The van der Waals surface area contributed by atoms with Gasteiger partial charge in [0.15, 0.2) is 0 Å². The normalized spacial score (nSPS) is 11.1. The van der Waals surface area contributed by atoms with Crippen LogP contribution in [-0.2, 0) is 24.2 Å². The Morgan fingerprint density at radius 3 is 2.47 bits per heavy atom. The summed E-state index contributed by atoms with van der Waals surface area (Å²) in [5, 5.41) is 3.72. The highest BCUT2D eigenvalue weighted by Gasteiger charge is 2.10. The first kappa shape index (κ1) is 27.7. The number of ether oxygens (including phenoxy) is 1. The van der Waals surface area contributed by atoms with Gasteiger partial charge < -0.3 is 14.6 Å².